The Bertz CT molecular complexity index is 269. The molecule has 0 amide bonds. The lowest BCUT2D eigenvalue weighted by Crippen LogP contribution is -2.04. The van der Waals surface area contributed by atoms with Crippen LogP contribution in [0.1, 0.15) is 84.0 Å². The summed E-state index contributed by atoms with van der Waals surface area (Å²) in [6.07, 6.45) is 20.1. The van der Waals surface area contributed by atoms with Crippen LogP contribution in [0.4, 0.5) is 0 Å². The first-order valence-corrected chi connectivity index (χ1v) is 8.72. The van der Waals surface area contributed by atoms with E-state index in [1.807, 2.05) is 0 Å². The molecule has 0 N–H and O–H groups in total. The second-order valence-corrected chi connectivity index (χ2v) is 5.57. The third-order valence-corrected chi connectivity index (χ3v) is 3.49. The Hall–Kier alpha value is -1.05. The maximum Gasteiger partial charge on any atom is 0.306 e. The number of ether oxygens (including phenoxy) is 1. The van der Waals surface area contributed by atoms with Crippen LogP contribution in [0.3, 0.4) is 0 Å². The van der Waals surface area contributed by atoms with Crippen molar-refractivity contribution in [2.24, 2.45) is 0 Å². The van der Waals surface area contributed by atoms with E-state index in [1.54, 1.807) is 6.08 Å². The van der Waals surface area contributed by atoms with Crippen LogP contribution in [-0.4, -0.2) is 12.6 Å². The van der Waals surface area contributed by atoms with Crippen LogP contribution in [0.25, 0.3) is 0 Å². The SMILES string of the molecule is C=CCCOC(=O)CC/C=C/CCCCCCCCCC. The van der Waals surface area contributed by atoms with E-state index in [1.165, 1.54) is 51.4 Å². The molecule has 0 bridgehead atoms. The van der Waals surface area contributed by atoms with E-state index in [-0.39, 0.29) is 5.97 Å². The Labute approximate surface area is 131 Å². The van der Waals surface area contributed by atoms with Gasteiger partial charge in [-0.25, -0.2) is 0 Å². The molecule has 0 aliphatic carbocycles. The number of carbonyl (C=O) groups is 1. The molecule has 0 aliphatic heterocycles. The summed E-state index contributed by atoms with van der Waals surface area (Å²) in [5.74, 6) is -0.103. The number of esters is 1. The monoisotopic (exact) mass is 294 g/mol. The molecule has 2 nitrogen and oxygen atoms in total. The van der Waals surface area contributed by atoms with Crippen LogP contribution in [-0.2, 0) is 9.53 Å². The lowest BCUT2D eigenvalue weighted by Gasteiger charge is -2.01. The molecule has 0 saturated heterocycles. The number of hydrogen-bond acceptors (Lipinski definition) is 2. The van der Waals surface area contributed by atoms with E-state index in [0.717, 1.165) is 19.3 Å². The quantitative estimate of drug-likeness (QED) is 0.211. The topological polar surface area (TPSA) is 26.3 Å². The zero-order valence-corrected chi connectivity index (χ0v) is 13.9. The van der Waals surface area contributed by atoms with Crippen LogP contribution >= 0.6 is 0 Å². The summed E-state index contributed by atoms with van der Waals surface area (Å²) in [6, 6.07) is 0. The van der Waals surface area contributed by atoms with Crippen LogP contribution in [0.2, 0.25) is 0 Å². The van der Waals surface area contributed by atoms with Gasteiger partial charge in [0.15, 0.2) is 0 Å². The van der Waals surface area contributed by atoms with Crippen LogP contribution in [0.5, 0.6) is 0 Å². The third-order valence-electron chi connectivity index (χ3n) is 3.49. The summed E-state index contributed by atoms with van der Waals surface area (Å²) in [7, 11) is 0. The van der Waals surface area contributed by atoms with E-state index in [0.29, 0.717) is 13.0 Å². The van der Waals surface area contributed by atoms with Gasteiger partial charge in [0.25, 0.3) is 0 Å². The van der Waals surface area contributed by atoms with Crippen molar-refractivity contribution in [3.05, 3.63) is 24.8 Å². The van der Waals surface area contributed by atoms with Gasteiger partial charge in [-0.3, -0.25) is 4.79 Å². The minimum Gasteiger partial charge on any atom is -0.465 e. The molecule has 0 saturated carbocycles. The van der Waals surface area contributed by atoms with Gasteiger partial charge in [-0.05, 0) is 25.7 Å². The fourth-order valence-corrected chi connectivity index (χ4v) is 2.16. The average molecular weight is 294 g/mol. The summed E-state index contributed by atoms with van der Waals surface area (Å²) in [4.78, 5) is 11.3. The van der Waals surface area contributed by atoms with Gasteiger partial charge in [-0.2, -0.15) is 0 Å². The largest absolute Gasteiger partial charge is 0.465 e. The molecule has 0 aromatic heterocycles. The zero-order valence-electron chi connectivity index (χ0n) is 13.9. The number of allylic oxidation sites excluding steroid dienone is 2. The van der Waals surface area contributed by atoms with Crippen molar-refractivity contribution in [1.29, 1.82) is 0 Å². The Kier molecular flexibility index (Phi) is 16.2. The molecule has 0 rings (SSSR count). The van der Waals surface area contributed by atoms with Crippen molar-refractivity contribution in [3.63, 3.8) is 0 Å². The van der Waals surface area contributed by atoms with Crippen LogP contribution < -0.4 is 0 Å². The highest BCUT2D eigenvalue weighted by atomic mass is 16.5. The average Bonchev–Trinajstić information content (AvgIpc) is 2.48. The maximum absolute atomic E-state index is 11.3. The van der Waals surface area contributed by atoms with Gasteiger partial charge in [0, 0.05) is 6.42 Å². The van der Waals surface area contributed by atoms with Gasteiger partial charge in [0.1, 0.15) is 0 Å². The van der Waals surface area contributed by atoms with Gasteiger partial charge < -0.3 is 4.74 Å². The Morgan fingerprint density at radius 3 is 2.19 bits per heavy atom. The van der Waals surface area contributed by atoms with Gasteiger partial charge in [-0.1, -0.05) is 70.1 Å². The van der Waals surface area contributed by atoms with Crippen molar-refractivity contribution in [2.45, 2.75) is 84.0 Å². The van der Waals surface area contributed by atoms with Crippen molar-refractivity contribution in [1.82, 2.24) is 0 Å². The summed E-state index contributed by atoms with van der Waals surface area (Å²) >= 11 is 0. The van der Waals surface area contributed by atoms with E-state index in [2.05, 4.69) is 25.7 Å². The smallest absolute Gasteiger partial charge is 0.306 e. The van der Waals surface area contributed by atoms with Crippen molar-refractivity contribution in [2.75, 3.05) is 6.61 Å². The molecule has 0 spiro atoms. The molecule has 0 unspecified atom stereocenters. The Balaban J connectivity index is 3.21. The highest BCUT2D eigenvalue weighted by Crippen LogP contribution is 2.10. The predicted octanol–water partition coefficient (Wildman–Crippen LogP) is 5.97. The molecule has 0 atom stereocenters. The minimum absolute atomic E-state index is 0.103. The number of unbranched alkanes of at least 4 members (excludes halogenated alkanes) is 8. The van der Waals surface area contributed by atoms with Crippen molar-refractivity contribution >= 4 is 5.97 Å². The second kappa shape index (κ2) is 17.0. The first kappa shape index (κ1) is 19.9. The van der Waals surface area contributed by atoms with Gasteiger partial charge in [0.05, 0.1) is 6.61 Å². The lowest BCUT2D eigenvalue weighted by molar-refractivity contribution is -0.143. The Morgan fingerprint density at radius 2 is 1.52 bits per heavy atom. The minimum atomic E-state index is -0.103. The number of hydrogen-bond donors (Lipinski definition) is 0. The fourth-order valence-electron chi connectivity index (χ4n) is 2.16. The second-order valence-electron chi connectivity index (χ2n) is 5.57. The summed E-state index contributed by atoms with van der Waals surface area (Å²) in [6.45, 7) is 6.31. The molecule has 2 heteroatoms. The van der Waals surface area contributed by atoms with E-state index in [4.69, 9.17) is 4.74 Å². The molecule has 0 fully saturated rings. The molecular formula is C19H34O2. The molecule has 0 aromatic rings. The first-order valence-electron chi connectivity index (χ1n) is 8.72. The molecule has 0 aromatic carbocycles. The normalized spacial score (nSPS) is 10.9. The number of carbonyl (C=O) groups excluding carboxylic acids is 1. The van der Waals surface area contributed by atoms with E-state index < -0.39 is 0 Å². The van der Waals surface area contributed by atoms with E-state index in [9.17, 15) is 4.79 Å². The molecule has 122 valence electrons. The predicted molar refractivity (Wildman–Crippen MR) is 91.4 cm³/mol. The van der Waals surface area contributed by atoms with E-state index >= 15 is 0 Å². The Morgan fingerprint density at radius 1 is 0.905 bits per heavy atom. The van der Waals surface area contributed by atoms with Crippen LogP contribution in [0, 0.1) is 0 Å². The highest BCUT2D eigenvalue weighted by Gasteiger charge is 1.99. The summed E-state index contributed by atoms with van der Waals surface area (Å²) in [5, 5.41) is 0. The van der Waals surface area contributed by atoms with Crippen molar-refractivity contribution < 1.29 is 9.53 Å². The number of rotatable bonds is 15. The molecule has 21 heavy (non-hydrogen) atoms. The standard InChI is InChI=1S/C19H34O2/c1-3-5-7-8-9-10-11-12-13-14-15-16-17-19(20)21-18-6-4-2/h4,14-15H,2-3,5-13,16-18H2,1H3/b15-14+. The van der Waals surface area contributed by atoms with Gasteiger partial charge >= 0.3 is 5.97 Å². The summed E-state index contributed by atoms with van der Waals surface area (Å²) < 4.78 is 5.04. The molecule has 0 aliphatic rings. The maximum atomic E-state index is 11.3. The fraction of sp³-hybridized carbons (Fsp3) is 0.737. The lowest BCUT2D eigenvalue weighted by atomic mass is 10.1. The molecule has 0 radical (unpaired) electrons. The third kappa shape index (κ3) is 16.9. The van der Waals surface area contributed by atoms with Gasteiger partial charge in [0.2, 0.25) is 0 Å². The first-order chi connectivity index (χ1) is 10.3. The van der Waals surface area contributed by atoms with Crippen LogP contribution in [0.15, 0.2) is 24.8 Å². The summed E-state index contributed by atoms with van der Waals surface area (Å²) in [5.41, 5.74) is 0. The molecule has 0 heterocycles. The molecular weight excluding hydrogens is 260 g/mol. The van der Waals surface area contributed by atoms with Gasteiger partial charge in [-0.15, -0.1) is 6.58 Å². The van der Waals surface area contributed by atoms with Crippen molar-refractivity contribution in [3.8, 4) is 0 Å². The highest BCUT2D eigenvalue weighted by molar-refractivity contribution is 5.69. The zero-order chi connectivity index (χ0) is 15.6.